The fourth-order valence-electron chi connectivity index (χ4n) is 4.06. The number of rotatable bonds is 5. The van der Waals surface area contributed by atoms with E-state index in [1.165, 1.54) is 42.1 Å². The molecule has 0 spiro atoms. The molecular formula is C22H31N5S. The average molecular weight is 398 g/mol. The molecule has 0 bridgehead atoms. The second-order valence-corrected chi connectivity index (χ2v) is 8.55. The van der Waals surface area contributed by atoms with E-state index in [2.05, 4.69) is 66.8 Å². The van der Waals surface area contributed by atoms with E-state index in [4.69, 9.17) is 0 Å². The van der Waals surface area contributed by atoms with Crippen LogP contribution in [0.15, 0.2) is 46.8 Å². The van der Waals surface area contributed by atoms with Gasteiger partial charge in [0.05, 0.1) is 5.00 Å². The monoisotopic (exact) mass is 397 g/mol. The highest BCUT2D eigenvalue weighted by Gasteiger charge is 2.20. The van der Waals surface area contributed by atoms with Crippen LogP contribution in [0.1, 0.15) is 24.0 Å². The van der Waals surface area contributed by atoms with Crippen LogP contribution < -0.4 is 10.2 Å². The molecule has 0 saturated carbocycles. The number of nitrogens with zero attached hydrogens (tertiary/aromatic N) is 4. The first-order valence-corrected chi connectivity index (χ1v) is 11.2. The zero-order valence-corrected chi connectivity index (χ0v) is 17.6. The number of aliphatic imine (C=N–C) groups is 1. The summed E-state index contributed by atoms with van der Waals surface area (Å²) in [5.74, 6) is 1.01. The second-order valence-electron chi connectivity index (χ2n) is 7.63. The molecule has 6 heteroatoms. The van der Waals surface area contributed by atoms with Gasteiger partial charge in [-0.05, 0) is 54.6 Å². The van der Waals surface area contributed by atoms with Gasteiger partial charge in [-0.3, -0.25) is 9.89 Å². The summed E-state index contributed by atoms with van der Waals surface area (Å²) in [6.07, 6.45) is 2.70. The molecule has 150 valence electrons. The highest BCUT2D eigenvalue weighted by molar-refractivity contribution is 7.14. The van der Waals surface area contributed by atoms with Gasteiger partial charge in [0, 0.05) is 46.3 Å². The molecule has 2 fully saturated rings. The summed E-state index contributed by atoms with van der Waals surface area (Å²) in [7, 11) is 1.88. The lowest BCUT2D eigenvalue weighted by atomic mass is 10.1. The highest BCUT2D eigenvalue weighted by atomic mass is 32.1. The van der Waals surface area contributed by atoms with Crippen molar-refractivity contribution >= 4 is 22.3 Å². The van der Waals surface area contributed by atoms with E-state index < -0.39 is 0 Å². The van der Waals surface area contributed by atoms with E-state index in [0.717, 1.165) is 45.2 Å². The minimum Gasteiger partial charge on any atom is -0.360 e. The molecule has 1 aromatic carbocycles. The molecule has 2 aliphatic heterocycles. The van der Waals surface area contributed by atoms with E-state index in [-0.39, 0.29) is 0 Å². The summed E-state index contributed by atoms with van der Waals surface area (Å²) in [6, 6.07) is 13.4. The van der Waals surface area contributed by atoms with Gasteiger partial charge in [-0.25, -0.2) is 0 Å². The molecule has 0 amide bonds. The molecule has 28 heavy (non-hydrogen) atoms. The number of guanidine groups is 1. The summed E-state index contributed by atoms with van der Waals surface area (Å²) in [5.41, 5.74) is 2.73. The molecule has 2 aliphatic rings. The number of nitrogens with one attached hydrogen (secondary N) is 1. The first kappa shape index (κ1) is 19.3. The molecule has 1 aromatic heterocycles. The quantitative estimate of drug-likeness (QED) is 0.620. The van der Waals surface area contributed by atoms with Gasteiger partial charge < -0.3 is 15.1 Å². The van der Waals surface area contributed by atoms with Crippen LogP contribution in [0.2, 0.25) is 0 Å². The minimum absolute atomic E-state index is 0.821. The summed E-state index contributed by atoms with van der Waals surface area (Å²) in [6.45, 7) is 8.52. The Morgan fingerprint density at radius 3 is 2.32 bits per heavy atom. The summed E-state index contributed by atoms with van der Waals surface area (Å²) in [4.78, 5) is 11.9. The number of anilines is 1. The Hall–Kier alpha value is -2.05. The lowest BCUT2D eigenvalue weighted by Crippen LogP contribution is -2.52. The van der Waals surface area contributed by atoms with Crippen molar-refractivity contribution < 1.29 is 0 Å². The molecule has 2 aromatic rings. The van der Waals surface area contributed by atoms with Crippen LogP contribution in [0.25, 0.3) is 0 Å². The largest absolute Gasteiger partial charge is 0.360 e. The van der Waals surface area contributed by atoms with Crippen molar-refractivity contribution in [2.45, 2.75) is 25.9 Å². The van der Waals surface area contributed by atoms with Gasteiger partial charge >= 0.3 is 0 Å². The molecule has 0 atom stereocenters. The second kappa shape index (κ2) is 9.43. The van der Waals surface area contributed by atoms with Crippen LogP contribution in [-0.2, 0) is 13.1 Å². The molecule has 1 N–H and O–H groups in total. The van der Waals surface area contributed by atoms with Crippen molar-refractivity contribution in [1.29, 1.82) is 0 Å². The van der Waals surface area contributed by atoms with E-state index >= 15 is 0 Å². The first-order valence-electron chi connectivity index (χ1n) is 10.4. The molecule has 0 unspecified atom stereocenters. The number of thiophene rings is 1. The third-order valence-corrected chi connectivity index (χ3v) is 6.62. The zero-order chi connectivity index (χ0) is 19.2. The maximum atomic E-state index is 4.51. The molecule has 0 radical (unpaired) electrons. The van der Waals surface area contributed by atoms with E-state index in [1.807, 2.05) is 18.4 Å². The predicted octanol–water partition coefficient (Wildman–Crippen LogP) is 3.24. The van der Waals surface area contributed by atoms with Gasteiger partial charge in [-0.2, -0.15) is 0 Å². The Labute approximate surface area is 172 Å². The SMILES string of the molecule is CN=C(NCc1ccc(CN2CCCC2)cc1)N1CCN(c2cccs2)CC1. The zero-order valence-electron chi connectivity index (χ0n) is 16.8. The Morgan fingerprint density at radius 1 is 0.964 bits per heavy atom. The standard InChI is InChI=1S/C22H31N5S/c1-23-22(27-14-12-26(13-15-27)21-5-4-16-28-21)24-17-19-6-8-20(9-7-19)18-25-10-2-3-11-25/h4-9,16H,2-3,10-15,17-18H2,1H3,(H,23,24). The highest BCUT2D eigenvalue weighted by Crippen LogP contribution is 2.22. The maximum absolute atomic E-state index is 4.51. The van der Waals surface area contributed by atoms with Crippen LogP contribution in [0.4, 0.5) is 5.00 Å². The van der Waals surface area contributed by atoms with Crippen molar-refractivity contribution in [2.75, 3.05) is 51.2 Å². The van der Waals surface area contributed by atoms with Gasteiger partial charge in [0.1, 0.15) is 0 Å². The van der Waals surface area contributed by atoms with Crippen LogP contribution in [0, 0.1) is 0 Å². The van der Waals surface area contributed by atoms with Crippen molar-refractivity contribution in [2.24, 2.45) is 4.99 Å². The van der Waals surface area contributed by atoms with Gasteiger partial charge in [0.15, 0.2) is 5.96 Å². The van der Waals surface area contributed by atoms with E-state index in [0.29, 0.717) is 0 Å². The molecule has 2 saturated heterocycles. The van der Waals surface area contributed by atoms with Crippen molar-refractivity contribution in [3.05, 3.63) is 52.9 Å². The first-order chi connectivity index (χ1) is 13.8. The fourth-order valence-corrected chi connectivity index (χ4v) is 4.85. The molecular weight excluding hydrogens is 366 g/mol. The summed E-state index contributed by atoms with van der Waals surface area (Å²) < 4.78 is 0. The lowest BCUT2D eigenvalue weighted by molar-refractivity contribution is 0.331. The minimum atomic E-state index is 0.821. The maximum Gasteiger partial charge on any atom is 0.194 e. The van der Waals surface area contributed by atoms with E-state index in [1.54, 1.807) is 0 Å². The van der Waals surface area contributed by atoms with Crippen LogP contribution in [-0.4, -0.2) is 62.1 Å². The van der Waals surface area contributed by atoms with Gasteiger partial charge in [0.2, 0.25) is 0 Å². The average Bonchev–Trinajstić information content (AvgIpc) is 3.44. The lowest BCUT2D eigenvalue weighted by Gasteiger charge is -2.37. The number of benzene rings is 1. The smallest absolute Gasteiger partial charge is 0.194 e. The van der Waals surface area contributed by atoms with Crippen LogP contribution >= 0.6 is 11.3 Å². The molecule has 3 heterocycles. The summed E-state index contributed by atoms with van der Waals surface area (Å²) in [5, 5.41) is 7.07. The van der Waals surface area contributed by atoms with Crippen LogP contribution in [0.5, 0.6) is 0 Å². The Bertz CT molecular complexity index is 742. The van der Waals surface area contributed by atoms with E-state index in [9.17, 15) is 0 Å². The summed E-state index contributed by atoms with van der Waals surface area (Å²) >= 11 is 1.82. The Morgan fingerprint density at radius 2 is 1.68 bits per heavy atom. The Kier molecular flexibility index (Phi) is 6.49. The number of likely N-dealkylation sites (tertiary alicyclic amines) is 1. The van der Waals surface area contributed by atoms with Gasteiger partial charge in [-0.1, -0.05) is 24.3 Å². The third-order valence-electron chi connectivity index (χ3n) is 5.69. The van der Waals surface area contributed by atoms with Crippen molar-refractivity contribution in [3.8, 4) is 0 Å². The van der Waals surface area contributed by atoms with Crippen LogP contribution in [0.3, 0.4) is 0 Å². The molecule has 4 rings (SSSR count). The predicted molar refractivity (Wildman–Crippen MR) is 119 cm³/mol. The third kappa shape index (κ3) is 4.86. The van der Waals surface area contributed by atoms with Crippen molar-refractivity contribution in [1.82, 2.24) is 15.1 Å². The Balaban J connectivity index is 1.25. The normalized spacial score (nSPS) is 18.7. The number of hydrogen-bond acceptors (Lipinski definition) is 4. The molecule has 0 aliphatic carbocycles. The molecule has 5 nitrogen and oxygen atoms in total. The topological polar surface area (TPSA) is 34.1 Å². The fraction of sp³-hybridized carbons (Fsp3) is 0.500. The van der Waals surface area contributed by atoms with Gasteiger partial charge in [-0.15, -0.1) is 11.3 Å². The van der Waals surface area contributed by atoms with Gasteiger partial charge in [0.25, 0.3) is 0 Å². The number of piperazine rings is 1. The number of hydrogen-bond donors (Lipinski definition) is 1. The van der Waals surface area contributed by atoms with Crippen molar-refractivity contribution in [3.63, 3.8) is 0 Å².